The Morgan fingerprint density at radius 1 is 1.10 bits per heavy atom. The van der Waals surface area contributed by atoms with E-state index in [1.807, 2.05) is 0 Å². The zero-order valence-electron chi connectivity index (χ0n) is 5.17. The van der Waals surface area contributed by atoms with Gasteiger partial charge in [-0.15, -0.1) is 0 Å². The van der Waals surface area contributed by atoms with Crippen LogP contribution in [0.5, 0.6) is 0 Å². The molecule has 3 nitrogen and oxygen atoms in total. The lowest BCUT2D eigenvalue weighted by atomic mass is 10.3. The predicted octanol–water partition coefficient (Wildman–Crippen LogP) is 1.94. The molecule has 0 spiro atoms. The maximum Gasteiger partial charge on any atom is 0.269 e. The molecule has 0 radical (unpaired) electrons. The Morgan fingerprint density at radius 3 is 1.20 bits per heavy atom. The first-order chi connectivity index (χ1) is 3.25. The van der Waals surface area contributed by atoms with Crippen LogP contribution in [-0.4, -0.2) is 17.7 Å². The topological polar surface area (TPSA) is 54.4 Å². The van der Waals surface area contributed by atoms with Crippen molar-refractivity contribution in [3.63, 3.8) is 0 Å². The molecular formula is C6H18O3S. The highest BCUT2D eigenvalue weighted by molar-refractivity contribution is 7.87. The summed E-state index contributed by atoms with van der Waals surface area (Å²) in [6, 6.07) is 0. The fourth-order valence-corrected chi connectivity index (χ4v) is 0. The molecule has 0 aliphatic carbocycles. The van der Waals surface area contributed by atoms with E-state index in [2.05, 4.69) is 0 Å². The van der Waals surface area contributed by atoms with E-state index < -0.39 is 14.9 Å². The molecule has 0 amide bonds. The molecule has 0 aliphatic rings. The van der Waals surface area contributed by atoms with E-state index in [-0.39, 0.29) is 14.9 Å². The minimum absolute atomic E-state index is 0. The molecule has 0 saturated heterocycles. The summed E-state index contributed by atoms with van der Waals surface area (Å²) in [5, 5.41) is 0. The molecule has 0 aromatic carbocycles. The lowest BCUT2D eigenvalue weighted by molar-refractivity contribution is 0.450. The molecule has 0 bridgehead atoms. The van der Waals surface area contributed by atoms with E-state index >= 15 is 0 Å². The smallest absolute Gasteiger partial charge is 0.269 e. The van der Waals surface area contributed by atoms with Crippen LogP contribution in [0, 0.1) is 0 Å². The van der Waals surface area contributed by atoms with Gasteiger partial charge in [0, 0.05) is 0 Å². The standard InChI is InChI=1S/C4H10O3S.2CH4/c1-4(2,3)8(5,6)7;;/h1-3H3,(H,5,6,7);2*1H4. The fraction of sp³-hybridized carbons (Fsp3) is 1.00. The van der Waals surface area contributed by atoms with E-state index in [9.17, 15) is 8.42 Å². The lowest BCUT2D eigenvalue weighted by Crippen LogP contribution is -2.26. The Kier molecular flexibility index (Phi) is 6.48. The Balaban J connectivity index is -0.000000245. The highest BCUT2D eigenvalue weighted by Gasteiger charge is 2.25. The van der Waals surface area contributed by atoms with Crippen LogP contribution in [0.1, 0.15) is 35.6 Å². The third-order valence-electron chi connectivity index (χ3n) is 0.774. The monoisotopic (exact) mass is 170 g/mol. The Bertz CT molecular complexity index is 162. The molecule has 0 aliphatic heterocycles. The first kappa shape index (κ1) is 16.5. The van der Waals surface area contributed by atoms with Gasteiger partial charge in [0.2, 0.25) is 0 Å². The van der Waals surface area contributed by atoms with E-state index in [0.29, 0.717) is 0 Å². The molecule has 1 N–H and O–H groups in total. The van der Waals surface area contributed by atoms with Gasteiger partial charge in [-0.25, -0.2) is 0 Å². The lowest BCUT2D eigenvalue weighted by Gasteiger charge is -2.12. The van der Waals surface area contributed by atoms with Crippen molar-refractivity contribution in [3.05, 3.63) is 0 Å². The second kappa shape index (κ2) is 3.93. The van der Waals surface area contributed by atoms with Gasteiger partial charge in [-0.05, 0) is 20.8 Å². The summed E-state index contributed by atoms with van der Waals surface area (Å²) in [5.41, 5.74) is 0. The maximum absolute atomic E-state index is 10.2. The first-order valence-corrected chi connectivity index (χ1v) is 3.66. The molecule has 66 valence electrons. The molecule has 0 rings (SSSR count). The van der Waals surface area contributed by atoms with Crippen molar-refractivity contribution in [1.29, 1.82) is 0 Å². The van der Waals surface area contributed by atoms with Crippen LogP contribution in [0.15, 0.2) is 0 Å². The number of hydrogen-bond acceptors (Lipinski definition) is 2. The van der Waals surface area contributed by atoms with Gasteiger partial charge < -0.3 is 0 Å². The molecule has 0 aromatic rings. The largest absolute Gasteiger partial charge is 0.285 e. The Labute approximate surface area is 64.2 Å². The first-order valence-electron chi connectivity index (χ1n) is 2.22. The zero-order chi connectivity index (χ0) is 7.00. The van der Waals surface area contributed by atoms with Crippen molar-refractivity contribution >= 4 is 10.1 Å². The van der Waals surface area contributed by atoms with Crippen LogP contribution in [0.25, 0.3) is 0 Å². The summed E-state index contributed by atoms with van der Waals surface area (Å²) >= 11 is 0. The van der Waals surface area contributed by atoms with Gasteiger partial charge in [0.25, 0.3) is 10.1 Å². The van der Waals surface area contributed by atoms with E-state index in [1.165, 1.54) is 20.8 Å². The Hall–Kier alpha value is -0.0900. The minimum atomic E-state index is -3.84. The summed E-state index contributed by atoms with van der Waals surface area (Å²) in [7, 11) is -3.84. The quantitative estimate of drug-likeness (QED) is 0.565. The highest BCUT2D eigenvalue weighted by atomic mass is 32.2. The normalized spacial score (nSPS) is 11.2. The van der Waals surface area contributed by atoms with Crippen molar-refractivity contribution in [2.24, 2.45) is 0 Å². The zero-order valence-corrected chi connectivity index (χ0v) is 5.99. The van der Waals surface area contributed by atoms with Gasteiger partial charge in [-0.1, -0.05) is 14.9 Å². The van der Waals surface area contributed by atoms with Crippen LogP contribution in [0.4, 0.5) is 0 Å². The van der Waals surface area contributed by atoms with Crippen LogP contribution >= 0.6 is 0 Å². The van der Waals surface area contributed by atoms with Crippen molar-refractivity contribution in [3.8, 4) is 0 Å². The minimum Gasteiger partial charge on any atom is -0.285 e. The second-order valence-electron chi connectivity index (χ2n) is 2.59. The molecule has 0 aromatic heterocycles. The average Bonchev–Trinajstić information content (AvgIpc) is 1.25. The average molecular weight is 170 g/mol. The van der Waals surface area contributed by atoms with Gasteiger partial charge in [-0.3, -0.25) is 4.55 Å². The van der Waals surface area contributed by atoms with Crippen molar-refractivity contribution in [2.45, 2.75) is 40.4 Å². The summed E-state index contributed by atoms with van der Waals surface area (Å²) in [4.78, 5) is 0. The summed E-state index contributed by atoms with van der Waals surface area (Å²) in [6.07, 6.45) is 0. The summed E-state index contributed by atoms with van der Waals surface area (Å²) in [5.74, 6) is 0. The summed E-state index contributed by atoms with van der Waals surface area (Å²) < 4.78 is 27.7. The molecule has 4 heteroatoms. The highest BCUT2D eigenvalue weighted by Crippen LogP contribution is 2.11. The van der Waals surface area contributed by atoms with E-state index in [1.54, 1.807) is 0 Å². The maximum atomic E-state index is 10.2. The molecular weight excluding hydrogens is 152 g/mol. The van der Waals surface area contributed by atoms with Crippen molar-refractivity contribution < 1.29 is 13.0 Å². The van der Waals surface area contributed by atoms with Crippen LogP contribution < -0.4 is 0 Å². The molecule has 0 unspecified atom stereocenters. The summed E-state index contributed by atoms with van der Waals surface area (Å²) in [6.45, 7) is 4.30. The van der Waals surface area contributed by atoms with Crippen molar-refractivity contribution in [2.75, 3.05) is 0 Å². The molecule has 10 heavy (non-hydrogen) atoms. The van der Waals surface area contributed by atoms with Crippen LogP contribution in [0.2, 0.25) is 0 Å². The van der Waals surface area contributed by atoms with Gasteiger partial charge in [0.15, 0.2) is 0 Å². The third-order valence-corrected chi connectivity index (χ3v) is 2.32. The van der Waals surface area contributed by atoms with E-state index in [0.717, 1.165) is 0 Å². The van der Waals surface area contributed by atoms with Gasteiger partial charge >= 0.3 is 0 Å². The second-order valence-corrected chi connectivity index (χ2v) is 4.76. The fourth-order valence-electron chi connectivity index (χ4n) is 0. The van der Waals surface area contributed by atoms with Gasteiger partial charge in [-0.2, -0.15) is 8.42 Å². The van der Waals surface area contributed by atoms with Gasteiger partial charge in [0.1, 0.15) is 0 Å². The van der Waals surface area contributed by atoms with E-state index in [4.69, 9.17) is 4.55 Å². The third kappa shape index (κ3) is 4.76. The Morgan fingerprint density at radius 2 is 1.20 bits per heavy atom. The number of rotatable bonds is 0. The molecule has 0 heterocycles. The van der Waals surface area contributed by atoms with Crippen molar-refractivity contribution in [1.82, 2.24) is 0 Å². The van der Waals surface area contributed by atoms with Gasteiger partial charge in [0.05, 0.1) is 4.75 Å². The molecule has 0 fully saturated rings. The predicted molar refractivity (Wildman–Crippen MR) is 44.8 cm³/mol. The molecule has 0 atom stereocenters. The molecule has 0 saturated carbocycles. The van der Waals surface area contributed by atoms with Crippen LogP contribution in [0.3, 0.4) is 0 Å². The van der Waals surface area contributed by atoms with Crippen LogP contribution in [-0.2, 0) is 10.1 Å². The SMILES string of the molecule is C.C.CC(C)(C)S(=O)(=O)O. The number of hydrogen-bond donors (Lipinski definition) is 1.